The molecule has 0 saturated heterocycles. The zero-order valence-corrected chi connectivity index (χ0v) is 17.7. The molecule has 0 amide bonds. The van der Waals surface area contributed by atoms with Gasteiger partial charge in [0.25, 0.3) is 0 Å². The van der Waals surface area contributed by atoms with Crippen molar-refractivity contribution in [1.82, 2.24) is 4.31 Å². The number of sulfonamides is 1. The number of hydrogen-bond donors (Lipinski definition) is 0. The van der Waals surface area contributed by atoms with E-state index in [1.807, 2.05) is 12.1 Å². The van der Waals surface area contributed by atoms with Crippen LogP contribution in [0.25, 0.3) is 11.1 Å². The Balaban J connectivity index is 1.81. The van der Waals surface area contributed by atoms with Crippen molar-refractivity contribution in [2.45, 2.75) is 4.90 Å². The summed E-state index contributed by atoms with van der Waals surface area (Å²) in [4.78, 5) is 12.5. The van der Waals surface area contributed by atoms with Crippen LogP contribution in [0.5, 0.6) is 5.75 Å². The van der Waals surface area contributed by atoms with Crippen LogP contribution >= 0.6 is 11.6 Å². The molecule has 0 atom stereocenters. The summed E-state index contributed by atoms with van der Waals surface area (Å²) in [5.41, 5.74) is 2.32. The Labute approximate surface area is 179 Å². The molecule has 0 spiro atoms. The molecule has 0 radical (unpaired) electrons. The second-order valence-electron chi connectivity index (χ2n) is 6.53. The Morgan fingerprint density at radius 1 is 0.967 bits per heavy atom. The molecule has 0 bridgehead atoms. The molecular weight excluding hydrogens is 424 g/mol. The maximum absolute atomic E-state index is 12.6. The number of esters is 1. The predicted octanol–water partition coefficient (Wildman–Crippen LogP) is 4.35. The van der Waals surface area contributed by atoms with Crippen molar-refractivity contribution in [2.24, 2.45) is 0 Å². The normalized spacial score (nSPS) is 11.2. The fraction of sp³-hybridized carbons (Fsp3) is 0.0909. The summed E-state index contributed by atoms with van der Waals surface area (Å²) in [6.45, 7) is 0. The van der Waals surface area contributed by atoms with Gasteiger partial charge in [0.1, 0.15) is 5.75 Å². The lowest BCUT2D eigenvalue weighted by Crippen LogP contribution is -2.22. The minimum atomic E-state index is -3.72. The molecule has 0 heterocycles. The average molecular weight is 441 g/mol. The lowest BCUT2D eigenvalue weighted by Gasteiger charge is -2.13. The molecule has 152 valence electrons. The van der Waals surface area contributed by atoms with Crippen molar-refractivity contribution in [3.63, 3.8) is 0 Å². The Bertz CT molecular complexity index is 1230. The largest absolute Gasteiger partial charge is 0.423 e. The molecule has 30 heavy (non-hydrogen) atoms. The van der Waals surface area contributed by atoms with Gasteiger partial charge in [0.05, 0.1) is 27.1 Å². The first-order valence-electron chi connectivity index (χ1n) is 8.77. The number of benzene rings is 3. The van der Waals surface area contributed by atoms with Crippen LogP contribution in [0.2, 0.25) is 5.02 Å². The van der Waals surface area contributed by atoms with Crippen molar-refractivity contribution >= 4 is 27.6 Å². The Hall–Kier alpha value is -3.18. The first-order valence-corrected chi connectivity index (χ1v) is 10.6. The second kappa shape index (κ2) is 8.67. The second-order valence-corrected chi connectivity index (χ2v) is 9.09. The SMILES string of the molecule is CN(C)S(=O)(=O)c1ccc(Cl)c(C(=O)Oc2ccc(-c3ccc(C#N)cc3)cc2)c1. The molecule has 0 N–H and O–H groups in total. The van der Waals surface area contributed by atoms with Crippen LogP contribution in [-0.4, -0.2) is 32.8 Å². The number of carbonyl (C=O) groups excluding carboxylic acids is 1. The van der Waals surface area contributed by atoms with Crippen molar-refractivity contribution in [2.75, 3.05) is 14.1 Å². The third kappa shape index (κ3) is 4.52. The summed E-state index contributed by atoms with van der Waals surface area (Å²) < 4.78 is 31.0. The van der Waals surface area contributed by atoms with E-state index in [0.717, 1.165) is 15.4 Å². The van der Waals surface area contributed by atoms with Gasteiger partial charge in [-0.3, -0.25) is 0 Å². The zero-order chi connectivity index (χ0) is 21.9. The van der Waals surface area contributed by atoms with Crippen molar-refractivity contribution in [3.8, 4) is 22.9 Å². The molecule has 8 heteroatoms. The zero-order valence-electron chi connectivity index (χ0n) is 16.2. The molecule has 0 unspecified atom stereocenters. The minimum Gasteiger partial charge on any atom is -0.423 e. The van der Waals surface area contributed by atoms with E-state index >= 15 is 0 Å². The van der Waals surface area contributed by atoms with Crippen LogP contribution in [0.3, 0.4) is 0 Å². The Morgan fingerprint density at radius 3 is 2.07 bits per heavy atom. The molecular formula is C22H17ClN2O4S. The van der Waals surface area contributed by atoms with Crippen LogP contribution in [0.15, 0.2) is 71.6 Å². The average Bonchev–Trinajstić information content (AvgIpc) is 2.74. The van der Waals surface area contributed by atoms with Crippen molar-refractivity contribution < 1.29 is 17.9 Å². The highest BCUT2D eigenvalue weighted by molar-refractivity contribution is 7.89. The van der Waals surface area contributed by atoms with E-state index < -0.39 is 16.0 Å². The summed E-state index contributed by atoms with van der Waals surface area (Å²) in [5, 5.41) is 8.97. The summed E-state index contributed by atoms with van der Waals surface area (Å²) in [6, 6.07) is 19.9. The van der Waals surface area contributed by atoms with Crippen LogP contribution in [0.4, 0.5) is 0 Å². The lowest BCUT2D eigenvalue weighted by atomic mass is 10.0. The molecule has 3 rings (SSSR count). The molecule has 0 aliphatic rings. The number of nitriles is 1. The van der Waals surface area contributed by atoms with Crippen LogP contribution in [0, 0.1) is 11.3 Å². The van der Waals surface area contributed by atoms with Gasteiger partial charge >= 0.3 is 5.97 Å². The first-order chi connectivity index (χ1) is 14.2. The van der Waals surface area contributed by atoms with Crippen molar-refractivity contribution in [3.05, 3.63) is 82.9 Å². The minimum absolute atomic E-state index is 0.0456. The smallest absolute Gasteiger partial charge is 0.345 e. The fourth-order valence-corrected chi connectivity index (χ4v) is 3.77. The number of rotatable bonds is 5. The third-order valence-corrected chi connectivity index (χ3v) is 6.49. The van der Waals surface area contributed by atoms with Crippen molar-refractivity contribution in [1.29, 1.82) is 5.26 Å². The van der Waals surface area contributed by atoms with E-state index in [1.54, 1.807) is 36.4 Å². The van der Waals surface area contributed by atoms with Gasteiger partial charge in [-0.1, -0.05) is 35.9 Å². The molecule has 0 aromatic heterocycles. The third-order valence-electron chi connectivity index (χ3n) is 4.35. The molecule has 6 nitrogen and oxygen atoms in total. The summed E-state index contributed by atoms with van der Waals surface area (Å²) in [6.07, 6.45) is 0. The fourth-order valence-electron chi connectivity index (χ4n) is 2.65. The van der Waals surface area contributed by atoms with Crippen LogP contribution < -0.4 is 4.74 Å². The monoisotopic (exact) mass is 440 g/mol. The van der Waals surface area contributed by atoms with E-state index in [-0.39, 0.29) is 21.2 Å². The highest BCUT2D eigenvalue weighted by Gasteiger charge is 2.21. The van der Waals surface area contributed by atoms with Gasteiger partial charge in [-0.25, -0.2) is 17.5 Å². The van der Waals surface area contributed by atoms with Gasteiger partial charge in [-0.15, -0.1) is 0 Å². The maximum atomic E-state index is 12.6. The van der Waals surface area contributed by atoms with E-state index in [0.29, 0.717) is 5.56 Å². The lowest BCUT2D eigenvalue weighted by molar-refractivity contribution is 0.0734. The Kier molecular flexibility index (Phi) is 6.22. The molecule has 3 aromatic rings. The number of carbonyl (C=O) groups is 1. The van der Waals surface area contributed by atoms with E-state index in [1.165, 1.54) is 32.3 Å². The van der Waals surface area contributed by atoms with Gasteiger partial charge in [-0.05, 0) is 53.6 Å². The van der Waals surface area contributed by atoms with E-state index in [9.17, 15) is 13.2 Å². The predicted molar refractivity (Wildman–Crippen MR) is 114 cm³/mol. The van der Waals surface area contributed by atoms with E-state index in [2.05, 4.69) is 6.07 Å². The number of nitrogens with zero attached hydrogens (tertiary/aromatic N) is 2. The molecule has 0 aliphatic carbocycles. The summed E-state index contributed by atoms with van der Waals surface area (Å²) in [7, 11) is -0.917. The quantitative estimate of drug-likeness (QED) is 0.434. The first kappa shape index (κ1) is 21.5. The number of ether oxygens (including phenoxy) is 1. The van der Waals surface area contributed by atoms with Crippen LogP contribution in [-0.2, 0) is 10.0 Å². The van der Waals surface area contributed by atoms with E-state index in [4.69, 9.17) is 21.6 Å². The highest BCUT2D eigenvalue weighted by atomic mass is 35.5. The van der Waals surface area contributed by atoms with Gasteiger partial charge in [0.15, 0.2) is 0 Å². The number of hydrogen-bond acceptors (Lipinski definition) is 5. The molecule has 0 fully saturated rings. The van der Waals surface area contributed by atoms with Gasteiger partial charge in [0.2, 0.25) is 10.0 Å². The molecule has 3 aromatic carbocycles. The molecule has 0 saturated carbocycles. The maximum Gasteiger partial charge on any atom is 0.345 e. The number of halogens is 1. The standard InChI is InChI=1S/C22H17ClN2O4S/c1-25(2)30(27,28)19-11-12-21(23)20(13-19)22(26)29-18-9-7-17(8-10-18)16-5-3-15(14-24)4-6-16/h3-13H,1-2H3. The van der Waals surface area contributed by atoms with Crippen LogP contribution in [0.1, 0.15) is 15.9 Å². The molecule has 0 aliphatic heterocycles. The topological polar surface area (TPSA) is 87.5 Å². The summed E-state index contributed by atoms with van der Waals surface area (Å²) in [5.74, 6) is -0.476. The summed E-state index contributed by atoms with van der Waals surface area (Å²) >= 11 is 6.08. The van der Waals surface area contributed by atoms with Gasteiger partial charge in [-0.2, -0.15) is 5.26 Å². The Morgan fingerprint density at radius 2 is 1.53 bits per heavy atom. The van der Waals surface area contributed by atoms with Gasteiger partial charge in [0, 0.05) is 14.1 Å². The highest BCUT2D eigenvalue weighted by Crippen LogP contribution is 2.26. The van der Waals surface area contributed by atoms with Gasteiger partial charge < -0.3 is 4.74 Å².